The van der Waals surface area contributed by atoms with Crippen LogP contribution in [0.15, 0.2) is 36.5 Å². The van der Waals surface area contributed by atoms with Crippen LogP contribution in [0.3, 0.4) is 0 Å². The van der Waals surface area contributed by atoms with Crippen LogP contribution in [0.2, 0.25) is 0 Å². The molecule has 6 rings (SSSR count). The standard InChI is InChI=1S/C28H33F4N5O/c1-17-11-22-20(5-6-24-23(22)13-33-35-24)26(37(17)16-27(29)7-8-27)21-4-3-18(12-25(21)38-2)34-19-14-36(15-19)10-9-28(30,31)32/h3-6,12-13,17,19,26,34H,7-11,14-16H2,1-2H3,(H,33,35)/t17-,26?/m1/s1. The highest BCUT2D eigenvalue weighted by molar-refractivity contribution is 5.83. The van der Waals surface area contributed by atoms with Crippen LogP contribution in [0.1, 0.15) is 48.9 Å². The largest absolute Gasteiger partial charge is 0.496 e. The Morgan fingerprint density at radius 2 is 1.92 bits per heavy atom. The molecule has 0 amide bonds. The van der Waals surface area contributed by atoms with E-state index in [-0.39, 0.29) is 24.7 Å². The van der Waals surface area contributed by atoms with Crippen LogP contribution in [0.25, 0.3) is 10.9 Å². The second kappa shape index (κ2) is 9.41. The fourth-order valence-electron chi connectivity index (χ4n) is 6.03. The number of likely N-dealkylation sites (tertiary alicyclic amines) is 1. The molecule has 204 valence electrons. The molecule has 2 atom stereocenters. The van der Waals surface area contributed by atoms with E-state index in [1.807, 2.05) is 30.5 Å². The number of anilines is 1. The summed E-state index contributed by atoms with van der Waals surface area (Å²) in [5.74, 6) is 0.703. The molecule has 1 aliphatic carbocycles. The van der Waals surface area contributed by atoms with Gasteiger partial charge in [-0.15, -0.1) is 0 Å². The maximum Gasteiger partial charge on any atom is 0.390 e. The highest BCUT2D eigenvalue weighted by Crippen LogP contribution is 2.48. The van der Waals surface area contributed by atoms with Crippen LogP contribution in [0.5, 0.6) is 5.75 Å². The van der Waals surface area contributed by atoms with Crippen LogP contribution in [0.4, 0.5) is 23.2 Å². The third kappa shape index (κ3) is 4.96. The molecule has 1 saturated carbocycles. The minimum absolute atomic E-state index is 0.0268. The summed E-state index contributed by atoms with van der Waals surface area (Å²) in [5, 5.41) is 11.8. The molecule has 3 aliphatic rings. The average molecular weight is 532 g/mol. The molecule has 2 aliphatic heterocycles. The van der Waals surface area contributed by atoms with Gasteiger partial charge in [-0.05, 0) is 49.4 Å². The van der Waals surface area contributed by atoms with Gasteiger partial charge in [0.05, 0.1) is 37.3 Å². The van der Waals surface area contributed by atoms with E-state index in [1.165, 1.54) is 5.56 Å². The lowest BCUT2D eigenvalue weighted by Gasteiger charge is -2.43. The van der Waals surface area contributed by atoms with Crippen molar-refractivity contribution in [3.63, 3.8) is 0 Å². The van der Waals surface area contributed by atoms with Crippen molar-refractivity contribution in [2.24, 2.45) is 0 Å². The molecular formula is C28H33F4N5O. The Bertz CT molecular complexity index is 1310. The number of alkyl halides is 4. The van der Waals surface area contributed by atoms with E-state index < -0.39 is 18.3 Å². The molecule has 6 nitrogen and oxygen atoms in total. The molecule has 1 saturated heterocycles. The number of aromatic amines is 1. The van der Waals surface area contributed by atoms with E-state index in [2.05, 4.69) is 33.4 Å². The van der Waals surface area contributed by atoms with Gasteiger partial charge in [0.1, 0.15) is 11.4 Å². The molecule has 1 aromatic heterocycles. The first-order valence-corrected chi connectivity index (χ1v) is 13.3. The van der Waals surface area contributed by atoms with Gasteiger partial charge < -0.3 is 10.1 Å². The van der Waals surface area contributed by atoms with Crippen LogP contribution in [0, 0.1) is 0 Å². The highest BCUT2D eigenvalue weighted by atomic mass is 19.4. The first kappa shape index (κ1) is 25.4. The molecule has 3 heterocycles. The summed E-state index contributed by atoms with van der Waals surface area (Å²) in [6.07, 6.45) is -1.05. The number of ether oxygens (including phenoxy) is 1. The zero-order valence-corrected chi connectivity index (χ0v) is 21.6. The van der Waals surface area contributed by atoms with Crippen molar-refractivity contribution in [3.8, 4) is 5.75 Å². The van der Waals surface area contributed by atoms with Crippen LogP contribution in [-0.4, -0.2) is 77.2 Å². The number of fused-ring (bicyclic) bond motifs is 3. The fourth-order valence-corrected chi connectivity index (χ4v) is 6.03. The second-order valence-electron chi connectivity index (χ2n) is 11.2. The van der Waals surface area contributed by atoms with Gasteiger partial charge in [0, 0.05) is 54.9 Å². The first-order valence-electron chi connectivity index (χ1n) is 13.3. The summed E-state index contributed by atoms with van der Waals surface area (Å²) in [5.41, 5.74) is 4.05. The van der Waals surface area contributed by atoms with Gasteiger partial charge in [-0.1, -0.05) is 12.1 Å². The smallest absolute Gasteiger partial charge is 0.390 e. The number of benzene rings is 2. The number of nitrogens with zero attached hydrogens (tertiary/aromatic N) is 3. The summed E-state index contributed by atoms with van der Waals surface area (Å²) >= 11 is 0. The number of aromatic nitrogens is 2. The van der Waals surface area contributed by atoms with E-state index in [0.29, 0.717) is 38.2 Å². The summed E-state index contributed by atoms with van der Waals surface area (Å²) in [6, 6.07) is 10.2. The monoisotopic (exact) mass is 531 g/mol. The van der Waals surface area contributed by atoms with Gasteiger partial charge in [-0.25, -0.2) is 4.39 Å². The van der Waals surface area contributed by atoms with Crippen LogP contribution >= 0.6 is 0 Å². The van der Waals surface area contributed by atoms with Gasteiger partial charge in [-0.3, -0.25) is 14.9 Å². The zero-order chi connectivity index (χ0) is 26.7. The number of hydrogen-bond acceptors (Lipinski definition) is 5. The quantitative estimate of drug-likeness (QED) is 0.378. The van der Waals surface area contributed by atoms with Crippen molar-refractivity contribution in [1.29, 1.82) is 0 Å². The Hall–Kier alpha value is -2.85. The minimum atomic E-state index is -4.13. The van der Waals surface area contributed by atoms with Crippen LogP contribution in [-0.2, 0) is 6.42 Å². The van der Waals surface area contributed by atoms with Crippen molar-refractivity contribution >= 4 is 16.6 Å². The van der Waals surface area contributed by atoms with Gasteiger partial charge in [-0.2, -0.15) is 18.3 Å². The SMILES string of the molecule is COc1cc(NC2CN(CCC(F)(F)F)C2)ccc1C1c2ccc3[nH]ncc3c2C[C@@H](C)N1CC1(F)CC1. The third-order valence-electron chi connectivity index (χ3n) is 8.29. The van der Waals surface area contributed by atoms with Gasteiger partial charge in [0.15, 0.2) is 0 Å². The third-order valence-corrected chi connectivity index (χ3v) is 8.29. The Morgan fingerprint density at radius 3 is 2.63 bits per heavy atom. The summed E-state index contributed by atoms with van der Waals surface area (Å²) < 4.78 is 58.5. The van der Waals surface area contributed by atoms with Crippen molar-refractivity contribution in [2.75, 3.05) is 38.6 Å². The number of nitrogens with one attached hydrogen (secondary N) is 2. The van der Waals surface area contributed by atoms with Gasteiger partial charge >= 0.3 is 6.18 Å². The van der Waals surface area contributed by atoms with Crippen molar-refractivity contribution in [1.82, 2.24) is 20.0 Å². The lowest BCUT2D eigenvalue weighted by Crippen LogP contribution is -2.55. The maximum atomic E-state index is 15.1. The molecule has 1 unspecified atom stereocenters. The predicted molar refractivity (Wildman–Crippen MR) is 138 cm³/mol. The first-order chi connectivity index (χ1) is 18.1. The van der Waals surface area contributed by atoms with E-state index in [0.717, 1.165) is 34.1 Å². The molecule has 0 radical (unpaired) electrons. The summed E-state index contributed by atoms with van der Waals surface area (Å²) in [4.78, 5) is 4.08. The Morgan fingerprint density at radius 1 is 1.16 bits per heavy atom. The van der Waals surface area contributed by atoms with E-state index in [4.69, 9.17) is 4.74 Å². The lowest BCUT2D eigenvalue weighted by atomic mass is 9.83. The topological polar surface area (TPSA) is 56.4 Å². The summed E-state index contributed by atoms with van der Waals surface area (Å²) in [7, 11) is 1.64. The number of hydrogen-bond donors (Lipinski definition) is 2. The maximum absolute atomic E-state index is 15.1. The predicted octanol–water partition coefficient (Wildman–Crippen LogP) is 5.46. The molecule has 0 bridgehead atoms. The normalized spacial score (nSPS) is 23.7. The number of methoxy groups -OCH3 is 1. The number of rotatable bonds is 8. The summed E-state index contributed by atoms with van der Waals surface area (Å²) in [6.45, 7) is 3.70. The molecule has 10 heteroatoms. The average Bonchev–Trinajstić information content (AvgIpc) is 3.37. The highest BCUT2D eigenvalue weighted by Gasteiger charge is 2.48. The molecule has 2 fully saturated rings. The van der Waals surface area contributed by atoms with E-state index in [1.54, 1.807) is 12.0 Å². The van der Waals surface area contributed by atoms with Crippen molar-refractivity contribution < 1.29 is 22.3 Å². The molecule has 0 spiro atoms. The van der Waals surface area contributed by atoms with Gasteiger partial charge in [0.25, 0.3) is 0 Å². The molecule has 2 N–H and O–H groups in total. The Balaban J connectivity index is 1.27. The fraction of sp³-hybridized carbons (Fsp3) is 0.536. The molecular weight excluding hydrogens is 498 g/mol. The van der Waals surface area contributed by atoms with Crippen LogP contribution < -0.4 is 10.1 Å². The van der Waals surface area contributed by atoms with E-state index in [9.17, 15) is 13.2 Å². The molecule has 3 aromatic rings. The van der Waals surface area contributed by atoms with Gasteiger partial charge in [0.2, 0.25) is 0 Å². The number of halogens is 4. The molecule has 38 heavy (non-hydrogen) atoms. The second-order valence-corrected chi connectivity index (χ2v) is 11.2. The van der Waals surface area contributed by atoms with Crippen molar-refractivity contribution in [2.45, 2.75) is 62.6 Å². The molecule has 2 aromatic carbocycles. The Labute approximate surface area is 219 Å². The minimum Gasteiger partial charge on any atom is -0.496 e. The van der Waals surface area contributed by atoms with E-state index >= 15 is 4.39 Å². The number of H-pyrrole nitrogens is 1. The lowest BCUT2D eigenvalue weighted by molar-refractivity contribution is -0.139. The van der Waals surface area contributed by atoms with Crippen molar-refractivity contribution in [3.05, 3.63) is 53.2 Å². The Kier molecular flexibility index (Phi) is 6.30. The zero-order valence-electron chi connectivity index (χ0n) is 21.6.